The van der Waals surface area contributed by atoms with Gasteiger partial charge in [0.1, 0.15) is 0 Å². The zero-order valence-corrected chi connectivity index (χ0v) is 15.7. The zero-order valence-electron chi connectivity index (χ0n) is 15.7. The maximum absolute atomic E-state index is 11.3. The van der Waals surface area contributed by atoms with Crippen molar-refractivity contribution in [3.05, 3.63) is 12.2 Å². The summed E-state index contributed by atoms with van der Waals surface area (Å²) >= 11 is 0. The van der Waals surface area contributed by atoms with E-state index in [2.05, 4.69) is 24.6 Å². The molecule has 2 N–H and O–H groups in total. The Kier molecular flexibility index (Phi) is 19.4. The molecular formula is C20H39NO3. The van der Waals surface area contributed by atoms with E-state index in [1.165, 1.54) is 70.6 Å². The van der Waals surface area contributed by atoms with Crippen LogP contribution < -0.4 is 5.48 Å². The summed E-state index contributed by atoms with van der Waals surface area (Å²) in [5, 5.41) is 8.54. The maximum atomic E-state index is 11.3. The molecule has 0 aromatic heterocycles. The van der Waals surface area contributed by atoms with Gasteiger partial charge in [0.25, 0.3) is 0 Å². The molecule has 142 valence electrons. The number of unbranched alkanes of at least 4 members (excludes halogenated alkanes) is 11. The molecule has 4 nitrogen and oxygen atoms in total. The molecule has 0 amide bonds. The summed E-state index contributed by atoms with van der Waals surface area (Å²) in [6, 6.07) is 0. The van der Waals surface area contributed by atoms with Crippen molar-refractivity contribution in [3.8, 4) is 0 Å². The van der Waals surface area contributed by atoms with Crippen LogP contribution in [0.2, 0.25) is 0 Å². The van der Waals surface area contributed by atoms with Crippen molar-refractivity contribution in [2.45, 2.75) is 96.8 Å². The highest BCUT2D eigenvalue weighted by Crippen LogP contribution is 2.10. The van der Waals surface area contributed by atoms with Crippen molar-refractivity contribution in [2.75, 3.05) is 13.2 Å². The fourth-order valence-corrected chi connectivity index (χ4v) is 2.57. The van der Waals surface area contributed by atoms with Crippen molar-refractivity contribution in [1.29, 1.82) is 0 Å². The third-order valence-corrected chi connectivity index (χ3v) is 4.04. The largest absolute Gasteiger partial charge is 0.395 e. The minimum atomic E-state index is -0.235. The molecule has 0 rings (SSSR count). The summed E-state index contributed by atoms with van der Waals surface area (Å²) in [5.74, 6) is -0.235. The van der Waals surface area contributed by atoms with Crippen LogP contribution in [0.5, 0.6) is 0 Å². The van der Waals surface area contributed by atoms with Crippen molar-refractivity contribution in [1.82, 2.24) is 5.48 Å². The van der Waals surface area contributed by atoms with Gasteiger partial charge in [-0.05, 0) is 32.1 Å². The SMILES string of the molecule is CCCCCCCC/C=C\CCCCCCCC(=O)ONCCO. The number of nitrogens with one attached hydrogen (secondary N) is 1. The average Bonchev–Trinajstić information content (AvgIpc) is 2.58. The fraction of sp³-hybridized carbons (Fsp3) is 0.850. The zero-order chi connectivity index (χ0) is 17.7. The van der Waals surface area contributed by atoms with E-state index >= 15 is 0 Å². The van der Waals surface area contributed by atoms with Gasteiger partial charge in [-0.2, -0.15) is 5.48 Å². The average molecular weight is 342 g/mol. The molecule has 0 unspecified atom stereocenters. The molecule has 0 heterocycles. The number of carbonyl (C=O) groups excluding carboxylic acids is 1. The molecule has 0 aliphatic rings. The van der Waals surface area contributed by atoms with Crippen LogP contribution in [0.15, 0.2) is 12.2 Å². The summed E-state index contributed by atoms with van der Waals surface area (Å²) in [4.78, 5) is 16.0. The lowest BCUT2D eigenvalue weighted by Gasteiger charge is -2.04. The van der Waals surface area contributed by atoms with Crippen LogP contribution in [0, 0.1) is 0 Å². The van der Waals surface area contributed by atoms with Gasteiger partial charge in [-0.15, -0.1) is 0 Å². The minimum absolute atomic E-state index is 0.0271. The number of hydrogen-bond donors (Lipinski definition) is 2. The fourth-order valence-electron chi connectivity index (χ4n) is 2.57. The molecule has 4 heteroatoms. The second-order valence-corrected chi connectivity index (χ2v) is 6.43. The molecule has 0 aromatic carbocycles. The van der Waals surface area contributed by atoms with E-state index < -0.39 is 0 Å². The Morgan fingerprint density at radius 2 is 1.42 bits per heavy atom. The standard InChI is InChI=1S/C20H39NO3/c1-2-3-4-5-6-7-8-9-10-11-12-13-14-15-16-17-20(23)24-21-18-19-22/h9-10,21-22H,2-8,11-19H2,1H3/b10-9-. The molecule has 0 bridgehead atoms. The number of carbonyl (C=O) groups is 1. The Balaban J connectivity index is 3.16. The predicted octanol–water partition coefficient (Wildman–Crippen LogP) is 5.06. The van der Waals surface area contributed by atoms with Gasteiger partial charge in [0.15, 0.2) is 0 Å². The second-order valence-electron chi connectivity index (χ2n) is 6.43. The molecule has 24 heavy (non-hydrogen) atoms. The molecule has 0 saturated carbocycles. The van der Waals surface area contributed by atoms with Crippen LogP contribution >= 0.6 is 0 Å². The van der Waals surface area contributed by atoms with E-state index in [1.807, 2.05) is 0 Å². The van der Waals surface area contributed by atoms with Gasteiger partial charge in [0, 0.05) is 6.42 Å². The first-order valence-electron chi connectivity index (χ1n) is 9.99. The highest BCUT2D eigenvalue weighted by molar-refractivity contribution is 5.68. The van der Waals surface area contributed by atoms with Crippen LogP contribution in [0.1, 0.15) is 96.8 Å². The van der Waals surface area contributed by atoms with Gasteiger partial charge in [-0.3, -0.25) is 4.79 Å². The highest BCUT2D eigenvalue weighted by atomic mass is 16.7. The van der Waals surface area contributed by atoms with Crippen LogP contribution in [-0.2, 0) is 9.63 Å². The maximum Gasteiger partial charge on any atom is 0.324 e. The first-order chi connectivity index (χ1) is 11.8. The molecule has 0 fully saturated rings. The lowest BCUT2D eigenvalue weighted by Crippen LogP contribution is -2.22. The Bertz CT molecular complexity index is 293. The molecule has 0 saturated heterocycles. The Labute approximate surface area is 149 Å². The van der Waals surface area contributed by atoms with E-state index in [0.717, 1.165) is 12.8 Å². The Morgan fingerprint density at radius 1 is 0.875 bits per heavy atom. The Morgan fingerprint density at radius 3 is 2.00 bits per heavy atom. The smallest absolute Gasteiger partial charge is 0.324 e. The van der Waals surface area contributed by atoms with Gasteiger partial charge >= 0.3 is 5.97 Å². The van der Waals surface area contributed by atoms with Crippen molar-refractivity contribution in [3.63, 3.8) is 0 Å². The monoisotopic (exact) mass is 341 g/mol. The minimum Gasteiger partial charge on any atom is -0.395 e. The van der Waals surface area contributed by atoms with Crippen LogP contribution in [0.3, 0.4) is 0 Å². The summed E-state index contributed by atoms with van der Waals surface area (Å²) in [7, 11) is 0. The predicted molar refractivity (Wildman–Crippen MR) is 101 cm³/mol. The number of aliphatic hydroxyl groups excluding tert-OH is 1. The number of allylic oxidation sites excluding steroid dienone is 2. The third-order valence-electron chi connectivity index (χ3n) is 4.04. The molecule has 0 aliphatic heterocycles. The van der Waals surface area contributed by atoms with E-state index in [4.69, 9.17) is 9.94 Å². The summed E-state index contributed by atoms with van der Waals surface area (Å²) < 4.78 is 0. The van der Waals surface area contributed by atoms with Gasteiger partial charge in [0.05, 0.1) is 13.2 Å². The van der Waals surface area contributed by atoms with Crippen molar-refractivity contribution < 1.29 is 14.7 Å². The number of rotatable bonds is 18. The van der Waals surface area contributed by atoms with Crippen LogP contribution in [0.4, 0.5) is 0 Å². The lowest BCUT2D eigenvalue weighted by molar-refractivity contribution is -0.151. The van der Waals surface area contributed by atoms with E-state index in [0.29, 0.717) is 6.42 Å². The summed E-state index contributed by atoms with van der Waals surface area (Å²) in [5.41, 5.74) is 2.43. The first kappa shape index (κ1) is 23.1. The van der Waals surface area contributed by atoms with E-state index in [1.54, 1.807) is 0 Å². The van der Waals surface area contributed by atoms with Crippen LogP contribution in [-0.4, -0.2) is 24.2 Å². The normalized spacial score (nSPS) is 11.2. The summed E-state index contributed by atoms with van der Waals surface area (Å²) in [6.45, 7) is 2.52. The van der Waals surface area contributed by atoms with Crippen molar-refractivity contribution in [2.24, 2.45) is 0 Å². The van der Waals surface area contributed by atoms with Gasteiger partial charge in [0.2, 0.25) is 0 Å². The third kappa shape index (κ3) is 19.2. The van der Waals surface area contributed by atoms with Gasteiger partial charge in [-0.25, -0.2) is 0 Å². The molecule has 0 radical (unpaired) electrons. The van der Waals surface area contributed by atoms with Gasteiger partial charge in [-0.1, -0.05) is 70.4 Å². The molecule has 0 aliphatic carbocycles. The molecule has 0 aromatic rings. The number of aliphatic hydroxyl groups is 1. The van der Waals surface area contributed by atoms with Crippen molar-refractivity contribution >= 4 is 5.97 Å². The molecule has 0 atom stereocenters. The Hall–Kier alpha value is -0.870. The number of hydrogen-bond acceptors (Lipinski definition) is 4. The first-order valence-corrected chi connectivity index (χ1v) is 9.99. The summed E-state index contributed by atoms with van der Waals surface area (Å²) in [6.07, 6.45) is 21.4. The quantitative estimate of drug-likeness (QED) is 0.208. The lowest BCUT2D eigenvalue weighted by atomic mass is 10.1. The van der Waals surface area contributed by atoms with E-state index in [9.17, 15) is 4.79 Å². The molecular weight excluding hydrogens is 302 g/mol. The number of hydroxylamine groups is 1. The van der Waals surface area contributed by atoms with Crippen LogP contribution in [0.25, 0.3) is 0 Å². The molecule has 0 spiro atoms. The topological polar surface area (TPSA) is 58.6 Å². The second kappa shape index (κ2) is 20.2. The van der Waals surface area contributed by atoms with Gasteiger partial charge < -0.3 is 9.94 Å². The van der Waals surface area contributed by atoms with E-state index in [-0.39, 0.29) is 19.1 Å². The highest BCUT2D eigenvalue weighted by Gasteiger charge is 2.01.